The van der Waals surface area contributed by atoms with Gasteiger partial charge in [0.05, 0.1) is 0 Å². The van der Waals surface area contributed by atoms with E-state index in [1.165, 1.54) is 18.1 Å². The van der Waals surface area contributed by atoms with Crippen LogP contribution in [0.15, 0.2) is 18.2 Å². The van der Waals surface area contributed by atoms with Gasteiger partial charge in [-0.15, -0.1) is 0 Å². The number of nitrogens with two attached hydrogens (primary N) is 1. The average Bonchev–Trinajstić information content (AvgIpc) is 2.52. The summed E-state index contributed by atoms with van der Waals surface area (Å²) >= 11 is 2.19. The summed E-state index contributed by atoms with van der Waals surface area (Å²) in [6.45, 7) is 0. The Morgan fingerprint density at radius 3 is 2.71 bits per heavy atom. The van der Waals surface area contributed by atoms with Crippen LogP contribution in [0.4, 0.5) is 4.39 Å². The summed E-state index contributed by atoms with van der Waals surface area (Å²) in [5.41, 5.74) is 7.24. The van der Waals surface area contributed by atoms with Crippen LogP contribution in [0.2, 0.25) is 0 Å². The first-order chi connectivity index (χ1) is 6.68. The molecule has 1 nitrogen and oxygen atoms in total. The van der Waals surface area contributed by atoms with Gasteiger partial charge in [0, 0.05) is 15.5 Å². The highest BCUT2D eigenvalue weighted by molar-refractivity contribution is 14.1. The van der Waals surface area contributed by atoms with E-state index in [9.17, 15) is 4.39 Å². The molecule has 76 valence electrons. The molecule has 0 spiro atoms. The van der Waals surface area contributed by atoms with E-state index >= 15 is 0 Å². The smallest absolute Gasteiger partial charge is 0.124 e. The summed E-state index contributed by atoms with van der Waals surface area (Å²) in [4.78, 5) is 0. The first-order valence-electron chi connectivity index (χ1n) is 4.89. The van der Waals surface area contributed by atoms with Crippen LogP contribution in [0.3, 0.4) is 0 Å². The van der Waals surface area contributed by atoms with Gasteiger partial charge in [0.1, 0.15) is 5.82 Å². The predicted molar refractivity (Wildman–Crippen MR) is 63.7 cm³/mol. The summed E-state index contributed by atoms with van der Waals surface area (Å²) < 4.78 is 13.9. The third-order valence-electron chi connectivity index (χ3n) is 2.93. The molecule has 14 heavy (non-hydrogen) atoms. The second-order valence-electron chi connectivity index (χ2n) is 3.87. The van der Waals surface area contributed by atoms with E-state index in [2.05, 4.69) is 22.6 Å². The monoisotopic (exact) mass is 305 g/mol. The van der Waals surface area contributed by atoms with E-state index in [1.807, 2.05) is 6.07 Å². The highest BCUT2D eigenvalue weighted by atomic mass is 127. The lowest BCUT2D eigenvalue weighted by molar-refractivity contribution is 0.600. The van der Waals surface area contributed by atoms with Crippen molar-refractivity contribution in [2.75, 3.05) is 0 Å². The molecule has 2 atom stereocenters. The van der Waals surface area contributed by atoms with Crippen molar-refractivity contribution in [2.45, 2.75) is 31.2 Å². The second kappa shape index (κ2) is 4.14. The molecule has 1 fully saturated rings. The Bertz CT molecular complexity index is 340. The van der Waals surface area contributed by atoms with Crippen LogP contribution in [0.25, 0.3) is 0 Å². The summed E-state index contributed by atoms with van der Waals surface area (Å²) in [5, 5.41) is 0. The minimum absolute atomic E-state index is 0.162. The zero-order chi connectivity index (χ0) is 10.1. The number of rotatable bonds is 1. The quantitative estimate of drug-likeness (QED) is 0.793. The highest BCUT2D eigenvalue weighted by Gasteiger charge is 2.26. The van der Waals surface area contributed by atoms with Crippen LogP contribution in [0, 0.1) is 9.39 Å². The maximum Gasteiger partial charge on any atom is 0.124 e. The van der Waals surface area contributed by atoms with Gasteiger partial charge in [0.15, 0.2) is 0 Å². The standard InChI is InChI=1S/C11H13FIN/c12-7-4-5-8(10(13)6-7)9-2-1-3-11(9)14/h4-6,9,11H,1-3,14H2. The molecule has 1 saturated carbocycles. The third kappa shape index (κ3) is 1.93. The first-order valence-corrected chi connectivity index (χ1v) is 5.97. The van der Waals surface area contributed by atoms with Gasteiger partial charge in [-0.05, 0) is 53.1 Å². The van der Waals surface area contributed by atoms with Crippen molar-refractivity contribution >= 4 is 22.6 Å². The Hall–Kier alpha value is -0.160. The molecule has 1 aromatic rings. The van der Waals surface area contributed by atoms with Crippen LogP contribution in [-0.2, 0) is 0 Å². The van der Waals surface area contributed by atoms with E-state index < -0.39 is 0 Å². The fraction of sp³-hybridized carbons (Fsp3) is 0.455. The average molecular weight is 305 g/mol. The van der Waals surface area contributed by atoms with Crippen molar-refractivity contribution in [3.63, 3.8) is 0 Å². The lowest BCUT2D eigenvalue weighted by Crippen LogP contribution is -2.23. The molecule has 2 unspecified atom stereocenters. The molecule has 0 saturated heterocycles. The lowest BCUT2D eigenvalue weighted by Gasteiger charge is -2.17. The maximum atomic E-state index is 12.9. The van der Waals surface area contributed by atoms with Gasteiger partial charge in [-0.2, -0.15) is 0 Å². The van der Waals surface area contributed by atoms with Crippen LogP contribution < -0.4 is 5.73 Å². The predicted octanol–water partition coefficient (Wildman–Crippen LogP) is 3.03. The minimum atomic E-state index is -0.162. The van der Waals surface area contributed by atoms with Crippen LogP contribution in [-0.4, -0.2) is 6.04 Å². The van der Waals surface area contributed by atoms with Crippen LogP contribution in [0.5, 0.6) is 0 Å². The number of halogens is 2. The molecule has 3 heteroatoms. The molecule has 1 aliphatic rings. The molecule has 2 rings (SSSR count). The number of benzene rings is 1. The Labute approximate surface area is 97.0 Å². The van der Waals surface area contributed by atoms with Gasteiger partial charge < -0.3 is 5.73 Å². The molecule has 0 aromatic heterocycles. The number of hydrogen-bond acceptors (Lipinski definition) is 1. The van der Waals surface area contributed by atoms with E-state index in [0.29, 0.717) is 5.92 Å². The van der Waals surface area contributed by atoms with Crippen LogP contribution >= 0.6 is 22.6 Å². The van der Waals surface area contributed by atoms with Crippen molar-refractivity contribution in [1.82, 2.24) is 0 Å². The molecule has 0 bridgehead atoms. The van der Waals surface area contributed by atoms with Crippen molar-refractivity contribution in [3.05, 3.63) is 33.1 Å². The van der Waals surface area contributed by atoms with Gasteiger partial charge in [0.2, 0.25) is 0 Å². The van der Waals surface area contributed by atoms with Gasteiger partial charge in [-0.25, -0.2) is 4.39 Å². The Kier molecular flexibility index (Phi) is 3.07. The van der Waals surface area contributed by atoms with Gasteiger partial charge >= 0.3 is 0 Å². The summed E-state index contributed by atoms with van der Waals surface area (Å²) in [7, 11) is 0. The maximum absolute atomic E-state index is 12.9. The molecular formula is C11H13FIN. The Morgan fingerprint density at radius 1 is 1.36 bits per heavy atom. The van der Waals surface area contributed by atoms with Crippen LogP contribution in [0.1, 0.15) is 30.7 Å². The van der Waals surface area contributed by atoms with Crippen molar-refractivity contribution < 1.29 is 4.39 Å². The van der Waals surface area contributed by atoms with E-state index in [1.54, 1.807) is 6.07 Å². The molecule has 0 amide bonds. The fourth-order valence-electron chi connectivity index (χ4n) is 2.18. The normalized spacial score (nSPS) is 26.8. The van der Waals surface area contributed by atoms with E-state index in [4.69, 9.17) is 5.73 Å². The fourth-order valence-corrected chi connectivity index (χ4v) is 3.05. The number of hydrogen-bond donors (Lipinski definition) is 1. The SMILES string of the molecule is NC1CCCC1c1ccc(F)cc1I. The molecule has 2 N–H and O–H groups in total. The largest absolute Gasteiger partial charge is 0.327 e. The van der Waals surface area contributed by atoms with E-state index in [0.717, 1.165) is 16.4 Å². The minimum Gasteiger partial charge on any atom is -0.327 e. The second-order valence-corrected chi connectivity index (χ2v) is 5.03. The summed E-state index contributed by atoms with van der Waals surface area (Å²) in [6, 6.07) is 5.25. The molecule has 1 aliphatic carbocycles. The van der Waals surface area contributed by atoms with Crippen molar-refractivity contribution in [2.24, 2.45) is 5.73 Å². The zero-order valence-electron chi connectivity index (χ0n) is 7.84. The van der Waals surface area contributed by atoms with Crippen molar-refractivity contribution in [3.8, 4) is 0 Å². The summed E-state index contributed by atoms with van der Waals surface area (Å²) in [6.07, 6.45) is 3.43. The Balaban J connectivity index is 2.31. The lowest BCUT2D eigenvalue weighted by atomic mass is 9.95. The van der Waals surface area contributed by atoms with Gasteiger partial charge in [-0.3, -0.25) is 0 Å². The van der Waals surface area contributed by atoms with Gasteiger partial charge in [0.25, 0.3) is 0 Å². The molecule has 0 aliphatic heterocycles. The van der Waals surface area contributed by atoms with Gasteiger partial charge in [-0.1, -0.05) is 12.5 Å². The summed E-state index contributed by atoms with van der Waals surface area (Å²) in [5.74, 6) is 0.271. The van der Waals surface area contributed by atoms with E-state index in [-0.39, 0.29) is 11.9 Å². The molecule has 1 aromatic carbocycles. The molecule has 0 heterocycles. The first kappa shape index (κ1) is 10.4. The third-order valence-corrected chi connectivity index (χ3v) is 3.87. The zero-order valence-corrected chi connectivity index (χ0v) is 10.00. The highest BCUT2D eigenvalue weighted by Crippen LogP contribution is 2.35. The van der Waals surface area contributed by atoms with Crippen molar-refractivity contribution in [1.29, 1.82) is 0 Å². The molecular weight excluding hydrogens is 292 g/mol. The topological polar surface area (TPSA) is 26.0 Å². The Morgan fingerprint density at radius 2 is 2.14 bits per heavy atom. The molecule has 0 radical (unpaired) electrons.